The number of nitrogens with zero attached hydrogens (tertiary/aromatic N) is 2. The molecule has 0 aliphatic carbocycles. The van der Waals surface area contributed by atoms with Crippen LogP contribution >= 0.6 is 0 Å². The second kappa shape index (κ2) is 7.94. The van der Waals surface area contributed by atoms with Gasteiger partial charge in [0.1, 0.15) is 13.2 Å². The topological polar surface area (TPSA) is 93.9 Å². The zero-order chi connectivity index (χ0) is 19.4. The van der Waals surface area contributed by atoms with Crippen molar-refractivity contribution in [3.05, 3.63) is 63.7 Å². The van der Waals surface area contributed by atoms with E-state index < -0.39 is 4.92 Å². The number of ether oxygens (including phenoxy) is 2. The summed E-state index contributed by atoms with van der Waals surface area (Å²) in [6, 6.07) is 11.2. The Morgan fingerprint density at radius 3 is 2.70 bits per heavy atom. The zero-order valence-corrected chi connectivity index (χ0v) is 15.2. The molecule has 27 heavy (non-hydrogen) atoms. The van der Waals surface area contributed by atoms with Crippen LogP contribution in [0.15, 0.2) is 42.5 Å². The molecule has 1 heterocycles. The summed E-state index contributed by atoms with van der Waals surface area (Å²) in [5.74, 6) is 1.37. The van der Waals surface area contributed by atoms with Crippen LogP contribution in [0.25, 0.3) is 0 Å². The highest BCUT2D eigenvalue weighted by Crippen LogP contribution is 2.30. The molecule has 1 unspecified atom stereocenters. The maximum atomic E-state index is 12.5. The van der Waals surface area contributed by atoms with Crippen molar-refractivity contribution in [3.63, 3.8) is 0 Å². The van der Waals surface area contributed by atoms with Crippen LogP contribution in [-0.4, -0.2) is 36.1 Å². The normalized spacial score (nSPS) is 13.6. The Kier molecular flexibility index (Phi) is 5.44. The number of non-ortho nitro benzene ring substituents is 1. The Morgan fingerprint density at radius 2 is 1.96 bits per heavy atom. The maximum absolute atomic E-state index is 12.5. The summed E-state index contributed by atoms with van der Waals surface area (Å²) >= 11 is 0. The summed E-state index contributed by atoms with van der Waals surface area (Å²) in [6.45, 7) is 3.19. The van der Waals surface area contributed by atoms with E-state index in [0.29, 0.717) is 36.8 Å². The van der Waals surface area contributed by atoms with E-state index in [1.165, 1.54) is 17.0 Å². The molecule has 0 fully saturated rings. The van der Waals surface area contributed by atoms with Crippen LogP contribution in [0.5, 0.6) is 11.5 Å². The van der Waals surface area contributed by atoms with Gasteiger partial charge in [-0.25, -0.2) is 4.79 Å². The van der Waals surface area contributed by atoms with Crippen molar-refractivity contribution in [2.24, 2.45) is 0 Å². The summed E-state index contributed by atoms with van der Waals surface area (Å²) in [4.78, 5) is 24.5. The van der Waals surface area contributed by atoms with E-state index in [2.05, 4.69) is 5.32 Å². The molecule has 1 atom stereocenters. The molecular formula is C19H21N3O5. The van der Waals surface area contributed by atoms with E-state index in [9.17, 15) is 14.9 Å². The van der Waals surface area contributed by atoms with Crippen molar-refractivity contribution in [3.8, 4) is 11.5 Å². The van der Waals surface area contributed by atoms with Crippen LogP contribution in [0.3, 0.4) is 0 Å². The van der Waals surface area contributed by atoms with Crippen molar-refractivity contribution in [2.75, 3.05) is 20.3 Å². The van der Waals surface area contributed by atoms with Crippen LogP contribution in [0.2, 0.25) is 0 Å². The Balaban J connectivity index is 1.62. The molecule has 8 heteroatoms. The first-order valence-electron chi connectivity index (χ1n) is 8.59. The largest absolute Gasteiger partial charge is 0.486 e. The highest BCUT2D eigenvalue weighted by atomic mass is 16.6. The third-order valence-corrected chi connectivity index (χ3v) is 4.52. The van der Waals surface area contributed by atoms with Gasteiger partial charge in [-0.2, -0.15) is 0 Å². The van der Waals surface area contributed by atoms with Gasteiger partial charge in [-0.05, 0) is 30.2 Å². The van der Waals surface area contributed by atoms with Crippen molar-refractivity contribution < 1.29 is 19.2 Å². The molecule has 1 aliphatic heterocycles. The predicted octanol–water partition coefficient (Wildman–Crippen LogP) is 3.27. The Bertz CT molecular complexity index is 855. The standard InChI is InChI=1S/C19H21N3O5/c1-13(15-4-3-5-16(11-15)22(24)25)21(2)19(23)20-12-14-6-7-17-18(10-14)27-9-8-26-17/h3-7,10-11,13H,8-9,12H2,1-2H3,(H,20,23). The van der Waals surface area contributed by atoms with Crippen LogP contribution in [0, 0.1) is 10.1 Å². The SMILES string of the molecule is CC(c1cccc([N+](=O)[O-])c1)N(C)C(=O)NCc1ccc2c(c1)OCCO2. The highest BCUT2D eigenvalue weighted by Gasteiger charge is 2.19. The maximum Gasteiger partial charge on any atom is 0.317 e. The average Bonchev–Trinajstić information content (AvgIpc) is 2.70. The van der Waals surface area contributed by atoms with E-state index in [0.717, 1.165) is 5.56 Å². The minimum atomic E-state index is -0.446. The molecule has 2 aromatic carbocycles. The fourth-order valence-electron chi connectivity index (χ4n) is 2.80. The summed E-state index contributed by atoms with van der Waals surface area (Å²) in [5, 5.41) is 13.8. The van der Waals surface area contributed by atoms with Gasteiger partial charge in [0.25, 0.3) is 5.69 Å². The van der Waals surface area contributed by atoms with Gasteiger partial charge in [0.2, 0.25) is 0 Å². The van der Waals surface area contributed by atoms with Gasteiger partial charge in [0.05, 0.1) is 11.0 Å². The number of benzene rings is 2. The van der Waals surface area contributed by atoms with E-state index >= 15 is 0 Å². The van der Waals surface area contributed by atoms with Gasteiger partial charge in [0, 0.05) is 25.7 Å². The second-order valence-electron chi connectivity index (χ2n) is 6.28. The molecule has 1 N–H and O–H groups in total. The fraction of sp³-hybridized carbons (Fsp3) is 0.316. The number of nitro groups is 1. The van der Waals surface area contributed by atoms with Crippen LogP contribution in [0.4, 0.5) is 10.5 Å². The smallest absolute Gasteiger partial charge is 0.317 e. The molecule has 0 spiro atoms. The second-order valence-corrected chi connectivity index (χ2v) is 6.28. The van der Waals surface area contributed by atoms with E-state index in [1.54, 1.807) is 19.2 Å². The zero-order valence-electron chi connectivity index (χ0n) is 15.2. The minimum absolute atomic E-state index is 0.00411. The van der Waals surface area contributed by atoms with Gasteiger partial charge in [0.15, 0.2) is 11.5 Å². The number of hydrogen-bond acceptors (Lipinski definition) is 5. The lowest BCUT2D eigenvalue weighted by molar-refractivity contribution is -0.384. The Hall–Kier alpha value is -3.29. The number of urea groups is 1. The molecule has 142 valence electrons. The Labute approximate surface area is 156 Å². The first-order valence-corrected chi connectivity index (χ1v) is 8.59. The van der Waals surface area contributed by atoms with Gasteiger partial charge >= 0.3 is 6.03 Å². The van der Waals surface area contributed by atoms with Gasteiger partial charge < -0.3 is 19.7 Å². The van der Waals surface area contributed by atoms with Crippen LogP contribution in [-0.2, 0) is 6.54 Å². The number of hydrogen-bond donors (Lipinski definition) is 1. The molecule has 0 saturated heterocycles. The number of amides is 2. The van der Waals surface area contributed by atoms with E-state index in [4.69, 9.17) is 9.47 Å². The molecule has 1 aliphatic rings. The van der Waals surface area contributed by atoms with E-state index in [1.807, 2.05) is 25.1 Å². The average molecular weight is 371 g/mol. The van der Waals surface area contributed by atoms with Crippen LogP contribution < -0.4 is 14.8 Å². The number of nitrogens with one attached hydrogen (secondary N) is 1. The van der Waals surface area contributed by atoms with Gasteiger partial charge in [-0.1, -0.05) is 18.2 Å². The quantitative estimate of drug-likeness (QED) is 0.643. The molecular weight excluding hydrogens is 350 g/mol. The number of nitro benzene ring substituents is 1. The molecule has 3 rings (SSSR count). The summed E-state index contributed by atoms with van der Waals surface area (Å²) < 4.78 is 11.0. The minimum Gasteiger partial charge on any atom is -0.486 e. The highest BCUT2D eigenvalue weighted by molar-refractivity contribution is 5.74. The monoisotopic (exact) mass is 371 g/mol. The summed E-state index contributed by atoms with van der Waals surface area (Å²) in [5.41, 5.74) is 1.59. The molecule has 2 amide bonds. The lowest BCUT2D eigenvalue weighted by Gasteiger charge is -2.25. The molecule has 0 radical (unpaired) electrons. The third-order valence-electron chi connectivity index (χ3n) is 4.52. The molecule has 8 nitrogen and oxygen atoms in total. The number of carbonyl (C=O) groups excluding carboxylic acids is 1. The van der Waals surface area contributed by atoms with Crippen molar-refractivity contribution in [1.82, 2.24) is 10.2 Å². The van der Waals surface area contributed by atoms with Crippen molar-refractivity contribution >= 4 is 11.7 Å². The molecule has 0 bridgehead atoms. The van der Waals surface area contributed by atoms with Crippen LogP contribution in [0.1, 0.15) is 24.1 Å². The summed E-state index contributed by atoms with van der Waals surface area (Å²) in [7, 11) is 1.66. The van der Waals surface area contributed by atoms with E-state index in [-0.39, 0.29) is 17.8 Å². The van der Waals surface area contributed by atoms with Crippen molar-refractivity contribution in [1.29, 1.82) is 0 Å². The van der Waals surface area contributed by atoms with Gasteiger partial charge in [-0.15, -0.1) is 0 Å². The predicted molar refractivity (Wildman–Crippen MR) is 98.9 cm³/mol. The fourth-order valence-corrected chi connectivity index (χ4v) is 2.80. The van der Waals surface area contributed by atoms with Gasteiger partial charge in [-0.3, -0.25) is 10.1 Å². The lowest BCUT2D eigenvalue weighted by Crippen LogP contribution is -2.38. The first kappa shape index (κ1) is 18.5. The number of rotatable bonds is 5. The number of carbonyl (C=O) groups is 1. The molecule has 0 aromatic heterocycles. The Morgan fingerprint density at radius 1 is 1.22 bits per heavy atom. The molecule has 2 aromatic rings. The summed E-state index contributed by atoms with van der Waals surface area (Å²) in [6.07, 6.45) is 0. The number of fused-ring (bicyclic) bond motifs is 1. The first-order chi connectivity index (χ1) is 13.0. The molecule has 0 saturated carbocycles. The van der Waals surface area contributed by atoms with Crippen molar-refractivity contribution in [2.45, 2.75) is 19.5 Å². The lowest BCUT2D eigenvalue weighted by atomic mass is 10.1. The third kappa shape index (κ3) is 4.28.